The number of aryl methyl sites for hydroxylation is 2. The Morgan fingerprint density at radius 1 is 1.05 bits per heavy atom. The van der Waals surface area contributed by atoms with Gasteiger partial charge in [0.2, 0.25) is 0 Å². The van der Waals surface area contributed by atoms with E-state index in [1.165, 1.54) is 30.4 Å². The molecule has 0 saturated heterocycles. The number of benzene rings is 1. The molecule has 1 N–H and O–H groups in total. The number of ether oxygens (including phenoxy) is 1. The fourth-order valence-corrected chi connectivity index (χ4v) is 2.47. The van der Waals surface area contributed by atoms with Crippen LogP contribution in [0.25, 0.3) is 0 Å². The Kier molecular flexibility index (Phi) is 11.0. The fraction of sp³-hybridized carbons (Fsp3) is 0.700. The normalized spacial score (nSPS) is 10.9. The molecule has 0 aromatic heterocycles. The molecule has 0 spiro atoms. The van der Waals surface area contributed by atoms with Crippen molar-refractivity contribution in [3.8, 4) is 5.75 Å². The van der Waals surface area contributed by atoms with Crippen molar-refractivity contribution in [1.82, 2.24) is 0 Å². The van der Waals surface area contributed by atoms with Gasteiger partial charge >= 0.3 is 0 Å². The molecule has 1 aromatic rings. The summed E-state index contributed by atoms with van der Waals surface area (Å²) in [4.78, 5) is 0. The highest BCUT2D eigenvalue weighted by Gasteiger charge is 2.11. The Morgan fingerprint density at radius 2 is 1.68 bits per heavy atom. The molecule has 1 rings (SSSR count). The zero-order valence-electron chi connectivity index (χ0n) is 15.5. The Balaban J connectivity index is 0.00000211. The van der Waals surface area contributed by atoms with Crippen LogP contribution >= 0.6 is 0 Å². The lowest BCUT2D eigenvalue weighted by atomic mass is 9.98. The maximum Gasteiger partial charge on any atom is 0.122 e. The first-order valence-corrected chi connectivity index (χ1v) is 8.84. The van der Waals surface area contributed by atoms with Gasteiger partial charge in [-0.25, -0.2) is 0 Å². The highest BCUT2D eigenvalue weighted by Crippen LogP contribution is 2.23. The van der Waals surface area contributed by atoms with Crippen LogP contribution < -0.4 is 4.74 Å². The molecular weight excluding hydrogens is 272 g/mol. The van der Waals surface area contributed by atoms with Crippen LogP contribution in [0.2, 0.25) is 0 Å². The molecule has 0 aliphatic rings. The summed E-state index contributed by atoms with van der Waals surface area (Å²) in [5.74, 6) is 1.01. The maximum absolute atomic E-state index is 9.66. The van der Waals surface area contributed by atoms with Gasteiger partial charge in [0, 0.05) is 0 Å². The Bertz CT molecular complexity index is 391. The summed E-state index contributed by atoms with van der Waals surface area (Å²) >= 11 is 0. The number of hydrogen-bond acceptors (Lipinski definition) is 2. The van der Waals surface area contributed by atoms with E-state index in [4.69, 9.17) is 4.74 Å². The maximum atomic E-state index is 9.66. The minimum Gasteiger partial charge on any atom is -0.496 e. The molecule has 0 aliphatic carbocycles. The van der Waals surface area contributed by atoms with Gasteiger partial charge in [-0.2, -0.15) is 0 Å². The van der Waals surface area contributed by atoms with Crippen molar-refractivity contribution in [2.24, 2.45) is 0 Å². The molecule has 2 heteroatoms. The van der Waals surface area contributed by atoms with Crippen LogP contribution in [-0.2, 0) is 12.8 Å². The number of unbranched alkanes of at least 4 members (excludes halogenated alkanes) is 3. The van der Waals surface area contributed by atoms with E-state index in [0.717, 1.165) is 31.4 Å². The van der Waals surface area contributed by atoms with E-state index < -0.39 is 5.60 Å². The lowest BCUT2D eigenvalue weighted by Crippen LogP contribution is -2.17. The molecule has 0 atom stereocenters. The summed E-state index contributed by atoms with van der Waals surface area (Å²) in [6, 6.07) is 6.50. The van der Waals surface area contributed by atoms with Gasteiger partial charge in [-0.1, -0.05) is 52.2 Å². The van der Waals surface area contributed by atoms with Gasteiger partial charge < -0.3 is 9.84 Å². The minimum absolute atomic E-state index is 0.515. The Labute approximate surface area is 137 Å². The quantitative estimate of drug-likeness (QED) is 0.606. The summed E-state index contributed by atoms with van der Waals surface area (Å²) in [5.41, 5.74) is 2.19. The smallest absolute Gasteiger partial charge is 0.122 e. The Hall–Kier alpha value is -1.02. The zero-order valence-corrected chi connectivity index (χ0v) is 15.5. The molecule has 0 amide bonds. The van der Waals surface area contributed by atoms with Crippen molar-refractivity contribution in [3.05, 3.63) is 29.3 Å². The van der Waals surface area contributed by atoms with Crippen molar-refractivity contribution in [1.29, 1.82) is 0 Å². The second-order valence-corrected chi connectivity index (χ2v) is 6.23. The van der Waals surface area contributed by atoms with Gasteiger partial charge in [0.1, 0.15) is 5.75 Å². The SMILES string of the molecule is CC.CCc1ccc(OC)c(CCCCCCC(C)(C)O)c1. The number of methoxy groups -OCH3 is 1. The van der Waals surface area contributed by atoms with Gasteiger partial charge in [-0.15, -0.1) is 0 Å². The van der Waals surface area contributed by atoms with Gasteiger partial charge in [0.15, 0.2) is 0 Å². The molecule has 1 aromatic carbocycles. The van der Waals surface area contributed by atoms with Crippen LogP contribution in [-0.4, -0.2) is 17.8 Å². The zero-order chi connectivity index (χ0) is 17.0. The predicted octanol–water partition coefficient (Wildman–Crippen LogP) is 5.55. The Morgan fingerprint density at radius 3 is 2.23 bits per heavy atom. The van der Waals surface area contributed by atoms with Crippen molar-refractivity contribution in [2.75, 3.05) is 7.11 Å². The summed E-state index contributed by atoms with van der Waals surface area (Å²) in [7, 11) is 1.74. The third-order valence-electron chi connectivity index (χ3n) is 3.74. The van der Waals surface area contributed by atoms with Crippen molar-refractivity contribution in [2.45, 2.75) is 85.2 Å². The second-order valence-electron chi connectivity index (χ2n) is 6.23. The van der Waals surface area contributed by atoms with E-state index in [0.29, 0.717) is 0 Å². The summed E-state index contributed by atoms with van der Waals surface area (Å²) in [6.45, 7) is 9.95. The van der Waals surface area contributed by atoms with Crippen LogP contribution in [0.5, 0.6) is 5.75 Å². The van der Waals surface area contributed by atoms with E-state index in [9.17, 15) is 5.11 Å². The average Bonchev–Trinajstić information content (AvgIpc) is 2.51. The highest BCUT2D eigenvalue weighted by molar-refractivity contribution is 5.37. The molecule has 0 heterocycles. The molecule has 0 bridgehead atoms. The molecule has 0 aliphatic heterocycles. The largest absolute Gasteiger partial charge is 0.496 e. The minimum atomic E-state index is -0.515. The van der Waals surface area contributed by atoms with Gasteiger partial charge in [0.25, 0.3) is 0 Å². The van der Waals surface area contributed by atoms with Crippen LogP contribution in [0, 0.1) is 0 Å². The highest BCUT2D eigenvalue weighted by atomic mass is 16.5. The third kappa shape index (κ3) is 9.09. The number of aliphatic hydroxyl groups is 1. The average molecular weight is 309 g/mol. The molecule has 0 saturated carbocycles. The first-order chi connectivity index (χ1) is 10.5. The molecular formula is C20H36O2. The first kappa shape index (κ1) is 21.0. The third-order valence-corrected chi connectivity index (χ3v) is 3.74. The molecule has 0 fully saturated rings. The van der Waals surface area contributed by atoms with Crippen molar-refractivity contribution < 1.29 is 9.84 Å². The molecule has 128 valence electrons. The first-order valence-electron chi connectivity index (χ1n) is 8.84. The van der Waals surface area contributed by atoms with E-state index in [-0.39, 0.29) is 0 Å². The van der Waals surface area contributed by atoms with Crippen LogP contribution in [0.4, 0.5) is 0 Å². The van der Waals surface area contributed by atoms with E-state index in [2.05, 4.69) is 25.1 Å². The fourth-order valence-electron chi connectivity index (χ4n) is 2.47. The topological polar surface area (TPSA) is 29.5 Å². The summed E-state index contributed by atoms with van der Waals surface area (Å²) < 4.78 is 5.43. The van der Waals surface area contributed by atoms with Crippen molar-refractivity contribution >= 4 is 0 Å². The molecule has 0 unspecified atom stereocenters. The standard InChI is InChI=1S/C18H30O2.C2H6/c1-5-15-11-12-17(20-4)16(14-15)10-8-6-7-9-13-18(2,3)19;1-2/h11-12,14,19H,5-10,13H2,1-4H3;1-2H3. The molecule has 22 heavy (non-hydrogen) atoms. The van der Waals surface area contributed by atoms with Gasteiger partial charge in [-0.3, -0.25) is 0 Å². The second kappa shape index (κ2) is 11.5. The van der Waals surface area contributed by atoms with E-state index in [1.54, 1.807) is 7.11 Å². The summed E-state index contributed by atoms with van der Waals surface area (Å²) in [5, 5.41) is 9.66. The van der Waals surface area contributed by atoms with E-state index in [1.807, 2.05) is 27.7 Å². The van der Waals surface area contributed by atoms with Gasteiger partial charge in [-0.05, 0) is 56.7 Å². The lowest BCUT2D eigenvalue weighted by molar-refractivity contribution is 0.0680. The monoisotopic (exact) mass is 308 g/mol. The summed E-state index contributed by atoms with van der Waals surface area (Å²) in [6.07, 6.45) is 7.75. The molecule has 0 radical (unpaired) electrons. The predicted molar refractivity (Wildman–Crippen MR) is 96.8 cm³/mol. The number of hydrogen-bond donors (Lipinski definition) is 1. The number of rotatable bonds is 9. The van der Waals surface area contributed by atoms with Crippen molar-refractivity contribution in [3.63, 3.8) is 0 Å². The molecule has 2 nitrogen and oxygen atoms in total. The lowest BCUT2D eigenvalue weighted by Gasteiger charge is -2.16. The van der Waals surface area contributed by atoms with Gasteiger partial charge in [0.05, 0.1) is 12.7 Å². The van der Waals surface area contributed by atoms with E-state index >= 15 is 0 Å². The van der Waals surface area contributed by atoms with Crippen LogP contribution in [0.1, 0.15) is 77.8 Å². The van der Waals surface area contributed by atoms with Crippen LogP contribution in [0.15, 0.2) is 18.2 Å². The van der Waals surface area contributed by atoms with Crippen LogP contribution in [0.3, 0.4) is 0 Å².